The number of thiophene rings is 1. The number of hydrogen-bond acceptors (Lipinski definition) is 4. The lowest BCUT2D eigenvalue weighted by Gasteiger charge is -2.09. The van der Waals surface area contributed by atoms with Crippen LogP contribution in [0.2, 0.25) is 0 Å². The summed E-state index contributed by atoms with van der Waals surface area (Å²) >= 11 is 1.73. The second kappa shape index (κ2) is 4.89. The summed E-state index contributed by atoms with van der Waals surface area (Å²) in [5.41, 5.74) is 9.22. The van der Waals surface area contributed by atoms with E-state index in [1.54, 1.807) is 23.5 Å². The molecule has 1 aromatic carbocycles. The fraction of sp³-hybridized carbons (Fsp3) is 0.154. The molecule has 3 nitrogen and oxygen atoms in total. The van der Waals surface area contributed by atoms with Gasteiger partial charge in [0.1, 0.15) is 0 Å². The molecule has 0 saturated carbocycles. The maximum Gasteiger partial charge on any atom is 0.0992 e. The van der Waals surface area contributed by atoms with Crippen molar-refractivity contribution >= 4 is 22.7 Å². The Bertz CT molecular complexity index is 566. The van der Waals surface area contributed by atoms with E-state index >= 15 is 0 Å². The Hall–Kier alpha value is -1.99. The van der Waals surface area contributed by atoms with Crippen LogP contribution in [0.15, 0.2) is 29.6 Å². The molecule has 4 heteroatoms. The Morgan fingerprint density at radius 1 is 1.41 bits per heavy atom. The molecular formula is C13H13N3S. The fourth-order valence-corrected chi connectivity index (χ4v) is 2.40. The van der Waals surface area contributed by atoms with Crippen molar-refractivity contribution in [1.82, 2.24) is 0 Å². The topological polar surface area (TPSA) is 61.8 Å². The number of hydrogen-bond donors (Lipinski definition) is 2. The van der Waals surface area contributed by atoms with Crippen LogP contribution in [0, 0.1) is 18.3 Å². The molecule has 0 atom stereocenters. The van der Waals surface area contributed by atoms with Gasteiger partial charge in [-0.3, -0.25) is 0 Å². The number of nitrogens with one attached hydrogen (secondary N) is 1. The molecule has 0 fully saturated rings. The maximum atomic E-state index is 8.75. The van der Waals surface area contributed by atoms with E-state index in [1.165, 1.54) is 10.4 Å². The van der Waals surface area contributed by atoms with Crippen molar-refractivity contribution < 1.29 is 0 Å². The van der Waals surface area contributed by atoms with E-state index in [-0.39, 0.29) is 0 Å². The molecule has 0 radical (unpaired) electrons. The van der Waals surface area contributed by atoms with Crippen LogP contribution in [0.25, 0.3) is 0 Å². The summed E-state index contributed by atoms with van der Waals surface area (Å²) < 4.78 is 0. The zero-order valence-corrected chi connectivity index (χ0v) is 10.3. The van der Waals surface area contributed by atoms with E-state index in [2.05, 4.69) is 29.8 Å². The molecule has 0 aliphatic rings. The predicted octanol–water partition coefficient (Wildman–Crippen LogP) is 3.12. The molecule has 0 bridgehead atoms. The van der Waals surface area contributed by atoms with Gasteiger partial charge in [-0.2, -0.15) is 5.26 Å². The van der Waals surface area contributed by atoms with Crippen molar-refractivity contribution in [3.05, 3.63) is 45.6 Å². The first kappa shape index (κ1) is 11.5. The van der Waals surface area contributed by atoms with Crippen LogP contribution in [0.4, 0.5) is 11.4 Å². The summed E-state index contributed by atoms with van der Waals surface area (Å²) in [6.07, 6.45) is 0. The quantitative estimate of drug-likeness (QED) is 0.814. The van der Waals surface area contributed by atoms with Crippen molar-refractivity contribution in [2.75, 3.05) is 11.1 Å². The van der Waals surface area contributed by atoms with Crippen LogP contribution in [0.5, 0.6) is 0 Å². The minimum Gasteiger partial charge on any atom is -0.397 e. The first-order valence-electron chi connectivity index (χ1n) is 5.27. The minimum absolute atomic E-state index is 0.584. The molecule has 17 heavy (non-hydrogen) atoms. The third-order valence-corrected chi connectivity index (χ3v) is 3.61. The lowest BCUT2D eigenvalue weighted by atomic mass is 10.2. The fourth-order valence-electron chi connectivity index (χ4n) is 1.55. The average Bonchev–Trinajstić information content (AvgIpc) is 2.73. The summed E-state index contributed by atoms with van der Waals surface area (Å²) in [4.78, 5) is 1.30. The van der Waals surface area contributed by atoms with Gasteiger partial charge in [0.15, 0.2) is 0 Å². The van der Waals surface area contributed by atoms with Crippen molar-refractivity contribution in [3.63, 3.8) is 0 Å². The van der Waals surface area contributed by atoms with Gasteiger partial charge in [0.05, 0.1) is 23.0 Å². The molecule has 86 valence electrons. The van der Waals surface area contributed by atoms with Gasteiger partial charge in [0.2, 0.25) is 0 Å². The van der Waals surface area contributed by atoms with Gasteiger partial charge in [-0.15, -0.1) is 11.3 Å². The van der Waals surface area contributed by atoms with Crippen LogP contribution in [0.3, 0.4) is 0 Å². The Balaban J connectivity index is 2.10. The number of nitrogens with two attached hydrogens (primary N) is 1. The highest BCUT2D eigenvalue weighted by Gasteiger charge is 2.03. The molecule has 0 aliphatic heterocycles. The summed E-state index contributed by atoms with van der Waals surface area (Å²) in [6, 6.07) is 9.46. The second-order valence-corrected chi connectivity index (χ2v) is 4.79. The van der Waals surface area contributed by atoms with Crippen molar-refractivity contribution in [2.24, 2.45) is 0 Å². The number of nitriles is 1. The first-order chi connectivity index (χ1) is 8.20. The molecule has 1 aromatic heterocycles. The third-order valence-electron chi connectivity index (χ3n) is 2.59. The lowest BCUT2D eigenvalue weighted by molar-refractivity contribution is 1.17. The first-order valence-corrected chi connectivity index (χ1v) is 6.15. The van der Waals surface area contributed by atoms with E-state index in [0.717, 1.165) is 12.2 Å². The van der Waals surface area contributed by atoms with Gasteiger partial charge >= 0.3 is 0 Å². The van der Waals surface area contributed by atoms with E-state index in [9.17, 15) is 0 Å². The van der Waals surface area contributed by atoms with Gasteiger partial charge in [-0.05, 0) is 42.1 Å². The molecule has 2 aromatic rings. The van der Waals surface area contributed by atoms with Gasteiger partial charge in [0.25, 0.3) is 0 Å². The van der Waals surface area contributed by atoms with Gasteiger partial charge in [-0.1, -0.05) is 0 Å². The maximum absolute atomic E-state index is 8.75. The SMILES string of the molecule is Cc1ccsc1CNc1ccc(C#N)cc1N. The molecule has 2 rings (SSSR count). The standard InChI is InChI=1S/C13H13N3S/c1-9-4-5-17-13(9)8-16-12-3-2-10(7-14)6-11(12)15/h2-6,16H,8,15H2,1H3. The van der Waals surface area contributed by atoms with Crippen LogP contribution in [0.1, 0.15) is 16.0 Å². The van der Waals surface area contributed by atoms with E-state index in [4.69, 9.17) is 11.0 Å². The number of rotatable bonds is 3. The minimum atomic E-state index is 0.584. The summed E-state index contributed by atoms with van der Waals surface area (Å²) in [7, 11) is 0. The molecule has 0 spiro atoms. The van der Waals surface area contributed by atoms with E-state index in [0.29, 0.717) is 11.3 Å². The number of aryl methyl sites for hydroxylation is 1. The summed E-state index contributed by atoms with van der Waals surface area (Å²) in [5, 5.41) is 14.1. The monoisotopic (exact) mass is 243 g/mol. The van der Waals surface area contributed by atoms with Crippen molar-refractivity contribution in [3.8, 4) is 6.07 Å². The van der Waals surface area contributed by atoms with Crippen molar-refractivity contribution in [1.29, 1.82) is 5.26 Å². The smallest absolute Gasteiger partial charge is 0.0992 e. The van der Waals surface area contributed by atoms with Crippen molar-refractivity contribution in [2.45, 2.75) is 13.5 Å². The zero-order valence-electron chi connectivity index (χ0n) is 9.53. The Kier molecular flexibility index (Phi) is 3.31. The highest BCUT2D eigenvalue weighted by Crippen LogP contribution is 2.22. The number of benzene rings is 1. The molecular weight excluding hydrogens is 230 g/mol. The van der Waals surface area contributed by atoms with Crippen LogP contribution < -0.4 is 11.1 Å². The van der Waals surface area contributed by atoms with Crippen LogP contribution >= 0.6 is 11.3 Å². The third kappa shape index (κ3) is 2.58. The normalized spacial score (nSPS) is 9.88. The second-order valence-electron chi connectivity index (χ2n) is 3.79. The highest BCUT2D eigenvalue weighted by atomic mass is 32.1. The Morgan fingerprint density at radius 3 is 2.82 bits per heavy atom. The Morgan fingerprint density at radius 2 is 2.24 bits per heavy atom. The number of anilines is 2. The molecule has 0 saturated heterocycles. The number of nitrogens with zero attached hydrogens (tertiary/aromatic N) is 1. The van der Waals surface area contributed by atoms with Gasteiger partial charge in [0, 0.05) is 11.4 Å². The van der Waals surface area contributed by atoms with Crippen LogP contribution in [-0.4, -0.2) is 0 Å². The lowest BCUT2D eigenvalue weighted by Crippen LogP contribution is -2.02. The highest BCUT2D eigenvalue weighted by molar-refractivity contribution is 7.10. The molecule has 0 amide bonds. The largest absolute Gasteiger partial charge is 0.397 e. The van der Waals surface area contributed by atoms with E-state index in [1.807, 2.05) is 6.07 Å². The van der Waals surface area contributed by atoms with E-state index < -0.39 is 0 Å². The molecule has 0 aliphatic carbocycles. The summed E-state index contributed by atoms with van der Waals surface area (Å²) in [6.45, 7) is 2.86. The van der Waals surface area contributed by atoms with Gasteiger partial charge in [-0.25, -0.2) is 0 Å². The molecule has 0 unspecified atom stereocenters. The zero-order chi connectivity index (χ0) is 12.3. The average molecular weight is 243 g/mol. The van der Waals surface area contributed by atoms with Gasteiger partial charge < -0.3 is 11.1 Å². The molecule has 3 N–H and O–H groups in total. The molecule has 1 heterocycles. The summed E-state index contributed by atoms with van der Waals surface area (Å²) in [5.74, 6) is 0. The number of nitrogen functional groups attached to an aromatic ring is 1. The predicted molar refractivity (Wildman–Crippen MR) is 72.0 cm³/mol. The van der Waals surface area contributed by atoms with Crippen LogP contribution in [-0.2, 0) is 6.54 Å². The Labute approximate surface area is 105 Å².